The summed E-state index contributed by atoms with van der Waals surface area (Å²) in [5, 5.41) is 5.35. The molecule has 0 amide bonds. The molecular formula is C26H22BrClFN3O2. The molecule has 1 heterocycles. The Morgan fingerprint density at radius 2 is 1.94 bits per heavy atom. The lowest BCUT2D eigenvalue weighted by molar-refractivity contribution is 0.306. The summed E-state index contributed by atoms with van der Waals surface area (Å²) in [6.07, 6.45) is 4.10. The SMILES string of the molecule is CCCCc1nc2ccc(Br)cc2c(=O)n1N=Cc1ccc(OCc2ccc(F)cc2)c(Cl)c1. The zero-order valence-electron chi connectivity index (χ0n) is 18.5. The summed E-state index contributed by atoms with van der Waals surface area (Å²) in [7, 11) is 0. The first-order valence-electron chi connectivity index (χ1n) is 10.9. The molecule has 8 heteroatoms. The molecule has 0 aliphatic rings. The molecular weight excluding hydrogens is 521 g/mol. The van der Waals surface area contributed by atoms with E-state index in [0.29, 0.717) is 39.5 Å². The van der Waals surface area contributed by atoms with E-state index in [1.54, 1.807) is 42.6 Å². The van der Waals surface area contributed by atoms with Crippen LogP contribution in [0.2, 0.25) is 5.02 Å². The lowest BCUT2D eigenvalue weighted by Crippen LogP contribution is -2.22. The summed E-state index contributed by atoms with van der Waals surface area (Å²) >= 11 is 9.81. The fraction of sp³-hybridized carbons (Fsp3) is 0.192. The van der Waals surface area contributed by atoms with Crippen LogP contribution in [-0.2, 0) is 13.0 Å². The first kappa shape index (κ1) is 24.1. The van der Waals surface area contributed by atoms with Crippen molar-refractivity contribution in [2.75, 3.05) is 0 Å². The van der Waals surface area contributed by atoms with Crippen LogP contribution in [0.25, 0.3) is 10.9 Å². The largest absolute Gasteiger partial charge is 0.487 e. The molecule has 34 heavy (non-hydrogen) atoms. The van der Waals surface area contributed by atoms with Crippen molar-refractivity contribution in [3.63, 3.8) is 0 Å². The van der Waals surface area contributed by atoms with E-state index in [1.165, 1.54) is 16.8 Å². The van der Waals surface area contributed by atoms with Gasteiger partial charge in [0, 0.05) is 10.9 Å². The molecule has 1 aromatic heterocycles. The van der Waals surface area contributed by atoms with Gasteiger partial charge in [-0.2, -0.15) is 9.78 Å². The van der Waals surface area contributed by atoms with E-state index in [1.807, 2.05) is 12.1 Å². The molecule has 4 aromatic rings. The van der Waals surface area contributed by atoms with Gasteiger partial charge in [-0.1, -0.05) is 53.0 Å². The standard InChI is InChI=1S/C26H22BrClFN3O2/c1-2-3-4-25-31-23-11-8-19(27)14-21(23)26(33)32(25)30-15-18-7-12-24(22(28)13-18)34-16-17-5-9-20(29)10-6-17/h5-15H,2-4,16H2,1H3. The predicted molar refractivity (Wildman–Crippen MR) is 137 cm³/mol. The Kier molecular flexibility index (Phi) is 7.75. The lowest BCUT2D eigenvalue weighted by atomic mass is 10.2. The Morgan fingerprint density at radius 3 is 2.68 bits per heavy atom. The van der Waals surface area contributed by atoms with Gasteiger partial charge in [0.05, 0.1) is 22.1 Å². The van der Waals surface area contributed by atoms with Crippen molar-refractivity contribution in [3.05, 3.63) is 103 Å². The number of aryl methyl sites for hydroxylation is 1. The van der Waals surface area contributed by atoms with E-state index in [2.05, 4.69) is 32.9 Å². The minimum Gasteiger partial charge on any atom is -0.487 e. The third-order valence-corrected chi connectivity index (χ3v) is 6.00. The number of halogens is 3. The van der Waals surface area contributed by atoms with Crippen molar-refractivity contribution >= 4 is 44.6 Å². The average Bonchev–Trinajstić information content (AvgIpc) is 2.83. The Labute approximate surface area is 210 Å². The van der Waals surface area contributed by atoms with Gasteiger partial charge in [0.15, 0.2) is 0 Å². The molecule has 0 atom stereocenters. The Balaban J connectivity index is 1.59. The van der Waals surface area contributed by atoms with Crippen LogP contribution in [0.15, 0.2) is 75.0 Å². The maximum absolute atomic E-state index is 13.2. The van der Waals surface area contributed by atoms with Crippen molar-refractivity contribution in [2.24, 2.45) is 5.10 Å². The number of benzene rings is 3. The zero-order chi connectivity index (χ0) is 24.1. The van der Waals surface area contributed by atoms with Gasteiger partial charge in [-0.3, -0.25) is 4.79 Å². The van der Waals surface area contributed by atoms with Crippen LogP contribution in [0, 0.1) is 5.82 Å². The number of rotatable bonds is 8. The number of hydrogen-bond donors (Lipinski definition) is 0. The Bertz CT molecular complexity index is 1400. The minimum atomic E-state index is -0.295. The number of fused-ring (bicyclic) bond motifs is 1. The predicted octanol–water partition coefficient (Wildman–Crippen LogP) is 6.76. The van der Waals surface area contributed by atoms with Gasteiger partial charge in [-0.15, -0.1) is 0 Å². The molecule has 0 radical (unpaired) electrons. The number of aromatic nitrogens is 2. The topological polar surface area (TPSA) is 56.5 Å². The van der Waals surface area contributed by atoms with Gasteiger partial charge < -0.3 is 4.74 Å². The van der Waals surface area contributed by atoms with E-state index < -0.39 is 0 Å². The highest BCUT2D eigenvalue weighted by Gasteiger charge is 2.11. The van der Waals surface area contributed by atoms with Gasteiger partial charge in [0.1, 0.15) is 24.0 Å². The summed E-state index contributed by atoms with van der Waals surface area (Å²) in [6, 6.07) is 16.8. The zero-order valence-corrected chi connectivity index (χ0v) is 20.8. The van der Waals surface area contributed by atoms with E-state index in [4.69, 9.17) is 16.3 Å². The molecule has 174 valence electrons. The second-order valence-electron chi connectivity index (χ2n) is 7.76. The number of hydrogen-bond acceptors (Lipinski definition) is 4. The van der Waals surface area contributed by atoms with E-state index in [-0.39, 0.29) is 18.0 Å². The Hall–Kier alpha value is -3.03. The van der Waals surface area contributed by atoms with Gasteiger partial charge in [0.25, 0.3) is 5.56 Å². The third-order valence-electron chi connectivity index (χ3n) is 5.22. The number of ether oxygens (including phenoxy) is 1. The maximum atomic E-state index is 13.2. The van der Waals surface area contributed by atoms with Gasteiger partial charge >= 0.3 is 0 Å². The molecule has 0 bridgehead atoms. The summed E-state index contributed by atoms with van der Waals surface area (Å²) in [5.74, 6) is 0.820. The van der Waals surface area contributed by atoms with Crippen LogP contribution in [0.1, 0.15) is 36.7 Å². The first-order chi connectivity index (χ1) is 16.4. The highest BCUT2D eigenvalue weighted by Crippen LogP contribution is 2.26. The molecule has 0 N–H and O–H groups in total. The smallest absolute Gasteiger partial charge is 0.282 e. The van der Waals surface area contributed by atoms with Gasteiger partial charge in [-0.05, 0) is 66.1 Å². The van der Waals surface area contributed by atoms with Crippen LogP contribution in [-0.4, -0.2) is 15.9 Å². The lowest BCUT2D eigenvalue weighted by Gasteiger charge is -2.10. The summed E-state index contributed by atoms with van der Waals surface area (Å²) in [5.41, 5.74) is 1.97. The summed E-state index contributed by atoms with van der Waals surface area (Å²) < 4.78 is 21.0. The van der Waals surface area contributed by atoms with Crippen molar-refractivity contribution < 1.29 is 9.13 Å². The molecule has 0 saturated heterocycles. The van der Waals surface area contributed by atoms with E-state index in [0.717, 1.165) is 22.9 Å². The van der Waals surface area contributed by atoms with Gasteiger partial charge in [0.2, 0.25) is 0 Å². The molecule has 4 rings (SSSR count). The molecule has 0 saturated carbocycles. The molecule has 0 spiro atoms. The fourth-order valence-corrected chi connectivity index (χ4v) is 4.00. The van der Waals surface area contributed by atoms with Crippen molar-refractivity contribution in [1.29, 1.82) is 0 Å². The van der Waals surface area contributed by atoms with E-state index >= 15 is 0 Å². The highest BCUT2D eigenvalue weighted by atomic mass is 79.9. The van der Waals surface area contributed by atoms with Crippen LogP contribution < -0.4 is 10.3 Å². The normalized spacial score (nSPS) is 11.4. The van der Waals surface area contributed by atoms with E-state index in [9.17, 15) is 9.18 Å². The van der Waals surface area contributed by atoms with Crippen LogP contribution in [0.5, 0.6) is 5.75 Å². The van der Waals surface area contributed by atoms with Crippen LogP contribution >= 0.6 is 27.5 Å². The monoisotopic (exact) mass is 541 g/mol. The molecule has 0 unspecified atom stereocenters. The Morgan fingerprint density at radius 1 is 1.15 bits per heavy atom. The molecule has 5 nitrogen and oxygen atoms in total. The molecule has 0 aliphatic carbocycles. The number of unbranched alkanes of at least 4 members (excludes halogenated alkanes) is 1. The maximum Gasteiger partial charge on any atom is 0.282 e. The minimum absolute atomic E-state index is 0.223. The van der Waals surface area contributed by atoms with Crippen LogP contribution in [0.3, 0.4) is 0 Å². The molecule has 0 aliphatic heterocycles. The second kappa shape index (κ2) is 10.9. The second-order valence-corrected chi connectivity index (χ2v) is 9.08. The fourth-order valence-electron chi connectivity index (χ4n) is 3.39. The van der Waals surface area contributed by atoms with Crippen molar-refractivity contribution in [1.82, 2.24) is 9.66 Å². The molecule has 0 fully saturated rings. The van der Waals surface area contributed by atoms with Crippen LogP contribution in [0.4, 0.5) is 4.39 Å². The third kappa shape index (κ3) is 5.72. The number of nitrogens with zero attached hydrogens (tertiary/aromatic N) is 3. The quantitative estimate of drug-likeness (QED) is 0.231. The van der Waals surface area contributed by atoms with Gasteiger partial charge in [-0.25, -0.2) is 9.37 Å². The highest BCUT2D eigenvalue weighted by molar-refractivity contribution is 9.10. The molecule has 3 aromatic carbocycles. The van der Waals surface area contributed by atoms with Crippen molar-refractivity contribution in [2.45, 2.75) is 32.8 Å². The first-order valence-corrected chi connectivity index (χ1v) is 12.0. The average molecular weight is 543 g/mol. The summed E-state index contributed by atoms with van der Waals surface area (Å²) in [4.78, 5) is 17.8. The summed E-state index contributed by atoms with van der Waals surface area (Å²) in [6.45, 7) is 2.35. The van der Waals surface area contributed by atoms with Crippen molar-refractivity contribution in [3.8, 4) is 5.75 Å².